The summed E-state index contributed by atoms with van der Waals surface area (Å²) in [7, 11) is 0. The number of aromatic nitrogens is 3. The molecule has 108 valence electrons. The van der Waals surface area contributed by atoms with Crippen LogP contribution >= 0.6 is 0 Å². The summed E-state index contributed by atoms with van der Waals surface area (Å²) in [6, 6.07) is 5.15. The van der Waals surface area contributed by atoms with Gasteiger partial charge in [-0.05, 0) is 48.8 Å². The van der Waals surface area contributed by atoms with Crippen LogP contribution in [0.1, 0.15) is 12.8 Å². The van der Waals surface area contributed by atoms with Crippen molar-refractivity contribution in [1.82, 2.24) is 14.8 Å². The van der Waals surface area contributed by atoms with Crippen LogP contribution in [0.3, 0.4) is 0 Å². The molecule has 1 aromatic heterocycles. The van der Waals surface area contributed by atoms with Crippen LogP contribution in [-0.2, 0) is 0 Å². The van der Waals surface area contributed by atoms with E-state index in [0.717, 1.165) is 18.2 Å². The Balaban J connectivity index is 1.44. The van der Waals surface area contributed by atoms with E-state index in [1.807, 2.05) is 6.07 Å². The van der Waals surface area contributed by atoms with Crippen LogP contribution in [0.5, 0.6) is 0 Å². The highest BCUT2D eigenvalue weighted by atomic mass is 19.1. The Bertz CT molecular complexity index is 665. The number of nitrogens with zero attached hydrogens (tertiary/aromatic N) is 3. The zero-order valence-electron chi connectivity index (χ0n) is 11.6. The quantitative estimate of drug-likeness (QED) is 0.878. The van der Waals surface area contributed by atoms with Gasteiger partial charge in [0.25, 0.3) is 0 Å². The first kappa shape index (κ1) is 12.6. The topological polar surface area (TPSA) is 42.7 Å². The van der Waals surface area contributed by atoms with Crippen LogP contribution in [-0.4, -0.2) is 21.3 Å². The average molecular weight is 284 g/mol. The van der Waals surface area contributed by atoms with Crippen molar-refractivity contribution in [3.63, 3.8) is 0 Å². The fraction of sp³-hybridized carbons (Fsp3) is 0.375. The van der Waals surface area contributed by atoms with E-state index in [9.17, 15) is 4.39 Å². The molecule has 3 atom stereocenters. The molecule has 1 N–H and O–H groups in total. The summed E-state index contributed by atoms with van der Waals surface area (Å²) in [6.45, 7) is 0.910. The molecule has 2 aromatic rings. The van der Waals surface area contributed by atoms with Crippen molar-refractivity contribution >= 4 is 5.69 Å². The van der Waals surface area contributed by atoms with Gasteiger partial charge in [0.05, 0.1) is 0 Å². The van der Waals surface area contributed by atoms with Gasteiger partial charge in [-0.1, -0.05) is 12.2 Å². The largest absolute Gasteiger partial charge is 0.385 e. The van der Waals surface area contributed by atoms with E-state index in [0.29, 0.717) is 17.5 Å². The molecule has 3 unspecified atom stereocenters. The molecule has 1 heterocycles. The van der Waals surface area contributed by atoms with E-state index in [1.54, 1.807) is 6.07 Å². The minimum atomic E-state index is -0.293. The Morgan fingerprint density at radius 3 is 2.90 bits per heavy atom. The molecule has 4 nitrogen and oxygen atoms in total. The van der Waals surface area contributed by atoms with E-state index in [4.69, 9.17) is 0 Å². The van der Waals surface area contributed by atoms with Gasteiger partial charge < -0.3 is 5.32 Å². The van der Waals surface area contributed by atoms with Crippen molar-refractivity contribution in [2.45, 2.75) is 12.8 Å². The van der Waals surface area contributed by atoms with Gasteiger partial charge in [-0.25, -0.2) is 14.1 Å². The maximum atomic E-state index is 14.1. The summed E-state index contributed by atoms with van der Waals surface area (Å²) >= 11 is 0. The van der Waals surface area contributed by atoms with Gasteiger partial charge in [-0.3, -0.25) is 0 Å². The van der Waals surface area contributed by atoms with Crippen LogP contribution < -0.4 is 5.32 Å². The highest BCUT2D eigenvalue weighted by Crippen LogP contribution is 2.43. The molecule has 5 heteroatoms. The van der Waals surface area contributed by atoms with Gasteiger partial charge in [0.1, 0.15) is 18.3 Å². The molecule has 21 heavy (non-hydrogen) atoms. The number of nitrogens with one attached hydrogen (secondary N) is 1. The number of halogens is 1. The number of fused-ring (bicyclic) bond motifs is 2. The molecule has 1 aromatic carbocycles. The molecule has 2 aliphatic rings. The fourth-order valence-corrected chi connectivity index (χ4v) is 3.51. The monoisotopic (exact) mass is 284 g/mol. The Labute approximate surface area is 122 Å². The summed E-state index contributed by atoms with van der Waals surface area (Å²) in [5.74, 6) is 1.87. The molecule has 0 radical (unpaired) electrons. The van der Waals surface area contributed by atoms with Gasteiger partial charge in [0.2, 0.25) is 0 Å². The zero-order chi connectivity index (χ0) is 14.2. The van der Waals surface area contributed by atoms with Crippen molar-refractivity contribution < 1.29 is 4.39 Å². The SMILES string of the molecule is Fc1cc(NCC2CC3C=CC2C3)ccc1-n1cncn1. The summed E-state index contributed by atoms with van der Waals surface area (Å²) in [4.78, 5) is 3.84. The minimum Gasteiger partial charge on any atom is -0.385 e. The van der Waals surface area contributed by atoms with E-state index in [1.165, 1.54) is 36.2 Å². The van der Waals surface area contributed by atoms with E-state index in [2.05, 4.69) is 27.6 Å². The second-order valence-electron chi connectivity index (χ2n) is 5.93. The van der Waals surface area contributed by atoms with Crippen LogP contribution in [0, 0.1) is 23.6 Å². The minimum absolute atomic E-state index is 0.293. The second-order valence-corrected chi connectivity index (χ2v) is 5.93. The Morgan fingerprint density at radius 2 is 2.24 bits per heavy atom. The van der Waals surface area contributed by atoms with Gasteiger partial charge >= 0.3 is 0 Å². The Hall–Kier alpha value is -2.17. The highest BCUT2D eigenvalue weighted by molar-refractivity contribution is 5.49. The number of allylic oxidation sites excluding steroid dienone is 2. The van der Waals surface area contributed by atoms with Crippen molar-refractivity contribution in [3.05, 3.63) is 48.8 Å². The summed E-state index contributed by atoms with van der Waals surface area (Å²) in [6.07, 6.45) is 10.1. The first-order valence-corrected chi connectivity index (χ1v) is 7.36. The van der Waals surface area contributed by atoms with Gasteiger partial charge in [-0.15, -0.1) is 0 Å². The van der Waals surface area contributed by atoms with E-state index in [-0.39, 0.29) is 5.82 Å². The maximum absolute atomic E-state index is 14.1. The lowest BCUT2D eigenvalue weighted by atomic mass is 9.93. The lowest BCUT2D eigenvalue weighted by Crippen LogP contribution is -2.18. The van der Waals surface area contributed by atoms with Crippen molar-refractivity contribution in [2.75, 3.05) is 11.9 Å². The molecule has 0 amide bonds. The molecule has 2 bridgehead atoms. The molecule has 1 fully saturated rings. The standard InChI is InChI=1S/C16H17FN4/c17-15-7-14(3-4-16(15)21-10-18-9-20-21)19-8-13-6-11-1-2-12(13)5-11/h1-4,7,9-13,19H,5-6,8H2. The van der Waals surface area contributed by atoms with Crippen LogP contribution in [0.15, 0.2) is 43.0 Å². The maximum Gasteiger partial charge on any atom is 0.150 e. The van der Waals surface area contributed by atoms with Crippen molar-refractivity contribution in [2.24, 2.45) is 17.8 Å². The number of hydrogen-bond donors (Lipinski definition) is 1. The van der Waals surface area contributed by atoms with Crippen molar-refractivity contribution in [3.8, 4) is 5.69 Å². The van der Waals surface area contributed by atoms with E-state index >= 15 is 0 Å². The smallest absolute Gasteiger partial charge is 0.150 e. The van der Waals surface area contributed by atoms with Crippen LogP contribution in [0.4, 0.5) is 10.1 Å². The third-order valence-electron chi connectivity index (χ3n) is 4.60. The van der Waals surface area contributed by atoms with Crippen molar-refractivity contribution in [1.29, 1.82) is 0 Å². The second kappa shape index (κ2) is 4.98. The van der Waals surface area contributed by atoms with Gasteiger partial charge in [0.15, 0.2) is 5.82 Å². The number of hydrogen-bond acceptors (Lipinski definition) is 3. The molecule has 0 aliphatic heterocycles. The molecule has 0 spiro atoms. The number of rotatable bonds is 4. The lowest BCUT2D eigenvalue weighted by molar-refractivity contribution is 0.472. The van der Waals surface area contributed by atoms with Gasteiger partial charge in [0, 0.05) is 12.2 Å². The molecule has 2 aliphatic carbocycles. The zero-order valence-corrected chi connectivity index (χ0v) is 11.6. The third kappa shape index (κ3) is 2.33. The van der Waals surface area contributed by atoms with E-state index < -0.39 is 0 Å². The Kier molecular flexibility index (Phi) is 2.98. The number of benzene rings is 1. The molecule has 0 saturated heterocycles. The summed E-state index contributed by atoms with van der Waals surface area (Å²) in [5.41, 5.74) is 1.24. The Morgan fingerprint density at radius 1 is 1.29 bits per heavy atom. The van der Waals surface area contributed by atoms with Crippen LogP contribution in [0.25, 0.3) is 5.69 Å². The summed E-state index contributed by atoms with van der Waals surface area (Å²) < 4.78 is 15.6. The lowest BCUT2D eigenvalue weighted by Gasteiger charge is -2.19. The predicted molar refractivity (Wildman–Crippen MR) is 78.7 cm³/mol. The normalized spacial score (nSPS) is 26.4. The molecular formula is C16H17FN4. The van der Waals surface area contributed by atoms with Crippen LogP contribution in [0.2, 0.25) is 0 Å². The summed E-state index contributed by atoms with van der Waals surface area (Å²) in [5, 5.41) is 7.31. The third-order valence-corrected chi connectivity index (χ3v) is 4.60. The fourth-order valence-electron chi connectivity index (χ4n) is 3.51. The highest BCUT2D eigenvalue weighted by Gasteiger charge is 2.35. The first-order chi connectivity index (χ1) is 10.3. The number of anilines is 1. The van der Waals surface area contributed by atoms with Gasteiger partial charge in [-0.2, -0.15) is 5.10 Å². The molecule has 1 saturated carbocycles. The predicted octanol–water partition coefficient (Wildman–Crippen LogP) is 3.03. The average Bonchev–Trinajstić information content (AvgIpc) is 3.22. The molecule has 4 rings (SSSR count). The molecular weight excluding hydrogens is 267 g/mol. The first-order valence-electron chi connectivity index (χ1n) is 7.36.